The summed E-state index contributed by atoms with van der Waals surface area (Å²) in [7, 11) is 0. The van der Waals surface area contributed by atoms with Crippen molar-refractivity contribution in [2.75, 3.05) is 6.54 Å². The van der Waals surface area contributed by atoms with Gasteiger partial charge in [0.2, 0.25) is 0 Å². The standard InChI is InChI=1S/C9H16N2O3S/c1-9(2,3)15(14)10-6-7-4-5-11(7)8(12)13/h6-7H,4-5H2,1-3H3,(H,12,13)/b10-6+/t7-,15?/m0/s1. The Hall–Kier alpha value is -0.750. The summed E-state index contributed by atoms with van der Waals surface area (Å²) in [5.41, 5.74) is 0. The number of nitrogens with zero attached hydrogens (tertiary/aromatic N) is 2. The number of likely N-dealkylation sites (tertiary alicyclic amines) is 1. The molecule has 1 heterocycles. The average Bonchev–Trinajstić information content (AvgIpc) is 1.98. The molecular weight excluding hydrogens is 216 g/mol. The van der Waals surface area contributed by atoms with Crippen LogP contribution in [-0.2, 0) is 11.4 Å². The molecule has 15 heavy (non-hydrogen) atoms. The Kier molecular flexibility index (Phi) is 3.62. The van der Waals surface area contributed by atoms with Crippen molar-refractivity contribution < 1.29 is 14.5 Å². The van der Waals surface area contributed by atoms with Crippen LogP contribution in [0.15, 0.2) is 4.40 Å². The Morgan fingerprint density at radius 1 is 1.67 bits per heavy atom. The first-order valence-electron chi connectivity index (χ1n) is 4.78. The van der Waals surface area contributed by atoms with E-state index in [1.54, 1.807) is 0 Å². The Morgan fingerprint density at radius 2 is 2.27 bits per heavy atom. The lowest BCUT2D eigenvalue weighted by atomic mass is 10.1. The summed E-state index contributed by atoms with van der Waals surface area (Å²) in [5, 5.41) is 8.72. The third kappa shape index (κ3) is 3.10. The predicted octanol–water partition coefficient (Wildman–Crippen LogP) is 1.27. The van der Waals surface area contributed by atoms with Crippen molar-refractivity contribution in [1.82, 2.24) is 4.90 Å². The summed E-state index contributed by atoms with van der Waals surface area (Å²) >= 11 is -1.30. The van der Waals surface area contributed by atoms with Gasteiger partial charge in [0, 0.05) is 6.54 Å². The Morgan fingerprint density at radius 3 is 2.60 bits per heavy atom. The van der Waals surface area contributed by atoms with Crippen molar-refractivity contribution >= 4 is 23.7 Å². The molecule has 2 atom stereocenters. The molecule has 0 saturated carbocycles. The van der Waals surface area contributed by atoms with Gasteiger partial charge in [0.1, 0.15) is 16.1 Å². The highest BCUT2D eigenvalue weighted by atomic mass is 32.2. The van der Waals surface area contributed by atoms with Gasteiger partial charge in [-0.2, -0.15) is 0 Å². The van der Waals surface area contributed by atoms with Crippen molar-refractivity contribution in [1.29, 1.82) is 0 Å². The average molecular weight is 232 g/mol. The Bertz CT molecular complexity index is 275. The van der Waals surface area contributed by atoms with E-state index in [4.69, 9.17) is 5.11 Å². The van der Waals surface area contributed by atoms with Gasteiger partial charge >= 0.3 is 6.09 Å². The van der Waals surface area contributed by atoms with Gasteiger partial charge in [0.15, 0.2) is 0 Å². The van der Waals surface area contributed by atoms with E-state index >= 15 is 0 Å². The minimum atomic E-state index is -1.30. The molecule has 1 aliphatic heterocycles. The monoisotopic (exact) mass is 232 g/mol. The summed E-state index contributed by atoms with van der Waals surface area (Å²) in [6.45, 7) is 6.02. The molecule has 1 N–H and O–H groups in total. The van der Waals surface area contributed by atoms with E-state index in [-0.39, 0.29) is 6.04 Å². The SMILES string of the molecule is CC(C)(C)[S+]([O-])/N=C/[C@@H]1CCN1C(=O)O. The molecule has 1 fully saturated rings. The molecule has 6 heteroatoms. The summed E-state index contributed by atoms with van der Waals surface area (Å²) in [6.07, 6.45) is 1.30. The topological polar surface area (TPSA) is 76.0 Å². The van der Waals surface area contributed by atoms with E-state index in [0.29, 0.717) is 6.54 Å². The fourth-order valence-electron chi connectivity index (χ4n) is 1.08. The maximum Gasteiger partial charge on any atom is 0.407 e. The van der Waals surface area contributed by atoms with Gasteiger partial charge in [0.25, 0.3) is 0 Å². The molecule has 0 spiro atoms. The molecular formula is C9H16N2O3S. The van der Waals surface area contributed by atoms with Crippen LogP contribution in [0.4, 0.5) is 4.79 Å². The zero-order chi connectivity index (χ0) is 11.6. The van der Waals surface area contributed by atoms with Crippen LogP contribution >= 0.6 is 0 Å². The van der Waals surface area contributed by atoms with Gasteiger partial charge in [-0.25, -0.2) is 4.79 Å². The van der Waals surface area contributed by atoms with Crippen LogP contribution in [0.25, 0.3) is 0 Å². The predicted molar refractivity (Wildman–Crippen MR) is 59.5 cm³/mol. The number of carbonyl (C=O) groups is 1. The van der Waals surface area contributed by atoms with Crippen LogP contribution < -0.4 is 0 Å². The van der Waals surface area contributed by atoms with Crippen molar-refractivity contribution in [3.8, 4) is 0 Å². The van der Waals surface area contributed by atoms with Gasteiger partial charge in [-0.15, -0.1) is 0 Å². The number of rotatable bonds is 2. The van der Waals surface area contributed by atoms with E-state index in [0.717, 1.165) is 6.42 Å². The lowest BCUT2D eigenvalue weighted by molar-refractivity contribution is 0.102. The molecule has 0 aliphatic carbocycles. The molecule has 5 nitrogen and oxygen atoms in total. The molecule has 1 amide bonds. The molecule has 1 unspecified atom stereocenters. The number of amides is 1. The van der Waals surface area contributed by atoms with Gasteiger partial charge in [0.05, 0.1) is 12.3 Å². The number of hydrogen-bond acceptors (Lipinski definition) is 3. The minimum absolute atomic E-state index is 0.200. The van der Waals surface area contributed by atoms with E-state index in [1.165, 1.54) is 11.1 Å². The Labute approximate surface area is 92.5 Å². The second kappa shape index (κ2) is 4.40. The minimum Gasteiger partial charge on any atom is -0.591 e. The van der Waals surface area contributed by atoms with Gasteiger partial charge in [-0.1, -0.05) is 4.40 Å². The normalized spacial score (nSPS) is 24.0. The second-order valence-electron chi connectivity index (χ2n) is 4.45. The van der Waals surface area contributed by atoms with E-state index < -0.39 is 22.2 Å². The van der Waals surface area contributed by atoms with Gasteiger partial charge in [-0.05, 0) is 27.2 Å². The quantitative estimate of drug-likeness (QED) is 0.575. The highest BCUT2D eigenvalue weighted by molar-refractivity contribution is 7.91. The largest absolute Gasteiger partial charge is 0.591 e. The van der Waals surface area contributed by atoms with Crippen LogP contribution in [0, 0.1) is 0 Å². The van der Waals surface area contributed by atoms with E-state index in [9.17, 15) is 9.35 Å². The first-order valence-corrected chi connectivity index (χ1v) is 5.89. The molecule has 0 bridgehead atoms. The molecule has 1 aliphatic rings. The first-order chi connectivity index (χ1) is 6.82. The zero-order valence-electron chi connectivity index (χ0n) is 9.14. The Balaban J connectivity index is 2.49. The summed E-state index contributed by atoms with van der Waals surface area (Å²) in [5.74, 6) is 0. The fourth-order valence-corrected chi connectivity index (χ4v) is 1.65. The van der Waals surface area contributed by atoms with Crippen molar-refractivity contribution in [2.24, 2.45) is 4.40 Å². The van der Waals surface area contributed by atoms with Crippen LogP contribution in [-0.4, -0.2) is 44.2 Å². The molecule has 0 aromatic heterocycles. The molecule has 0 radical (unpaired) electrons. The van der Waals surface area contributed by atoms with Crippen LogP contribution in [0.2, 0.25) is 0 Å². The summed E-state index contributed by atoms with van der Waals surface area (Å²) < 4.78 is 15.0. The van der Waals surface area contributed by atoms with Crippen LogP contribution in [0.1, 0.15) is 27.2 Å². The fraction of sp³-hybridized carbons (Fsp3) is 0.778. The van der Waals surface area contributed by atoms with Crippen LogP contribution in [0.3, 0.4) is 0 Å². The summed E-state index contributed by atoms with van der Waals surface area (Å²) in [4.78, 5) is 11.9. The molecule has 0 aromatic rings. The molecule has 1 saturated heterocycles. The van der Waals surface area contributed by atoms with Crippen molar-refractivity contribution in [2.45, 2.75) is 38.0 Å². The highest BCUT2D eigenvalue weighted by Crippen LogP contribution is 2.19. The van der Waals surface area contributed by atoms with Crippen molar-refractivity contribution in [3.05, 3.63) is 0 Å². The third-order valence-electron chi connectivity index (χ3n) is 2.16. The smallest absolute Gasteiger partial charge is 0.407 e. The molecule has 0 aromatic carbocycles. The third-order valence-corrected chi connectivity index (χ3v) is 3.53. The lowest BCUT2D eigenvalue weighted by Gasteiger charge is -2.35. The first kappa shape index (κ1) is 12.3. The van der Waals surface area contributed by atoms with E-state index in [2.05, 4.69) is 4.40 Å². The van der Waals surface area contributed by atoms with Gasteiger partial charge in [-0.3, -0.25) is 0 Å². The lowest BCUT2D eigenvalue weighted by Crippen LogP contribution is -2.51. The molecule has 86 valence electrons. The van der Waals surface area contributed by atoms with E-state index in [1.807, 2.05) is 20.8 Å². The number of hydrogen-bond donors (Lipinski definition) is 1. The van der Waals surface area contributed by atoms with Crippen molar-refractivity contribution in [3.63, 3.8) is 0 Å². The summed E-state index contributed by atoms with van der Waals surface area (Å²) in [6, 6.07) is -0.200. The highest BCUT2D eigenvalue weighted by Gasteiger charge is 2.32. The number of carboxylic acid groups (broad SMARTS) is 1. The second-order valence-corrected chi connectivity index (χ2v) is 6.38. The molecule has 1 rings (SSSR count). The van der Waals surface area contributed by atoms with Crippen LogP contribution in [0.5, 0.6) is 0 Å². The van der Waals surface area contributed by atoms with Gasteiger partial charge < -0.3 is 14.6 Å². The maximum absolute atomic E-state index is 11.5. The maximum atomic E-state index is 11.5. The zero-order valence-corrected chi connectivity index (χ0v) is 9.95.